The molecule has 1 heterocycles. The standard InChI is InChI=1S/C13H12ClN3O/c14-12-9-16-17(10-12)6-3-7-18-13-5-2-1-4-11(13)8-15/h1-2,4-5,9-10H,3,6-7H2. The minimum Gasteiger partial charge on any atom is -0.492 e. The predicted molar refractivity (Wildman–Crippen MR) is 68.5 cm³/mol. The topological polar surface area (TPSA) is 50.8 Å². The van der Waals surface area contributed by atoms with E-state index in [9.17, 15) is 0 Å². The third-order valence-corrected chi connectivity index (χ3v) is 2.59. The zero-order valence-corrected chi connectivity index (χ0v) is 10.5. The molecule has 0 bridgehead atoms. The van der Waals surface area contributed by atoms with Crippen LogP contribution >= 0.6 is 11.6 Å². The van der Waals surface area contributed by atoms with Gasteiger partial charge in [-0.2, -0.15) is 10.4 Å². The minimum absolute atomic E-state index is 0.538. The molecule has 92 valence electrons. The highest BCUT2D eigenvalue weighted by atomic mass is 35.5. The Morgan fingerprint density at radius 1 is 1.39 bits per heavy atom. The lowest BCUT2D eigenvalue weighted by atomic mass is 10.2. The van der Waals surface area contributed by atoms with Crippen molar-refractivity contribution in [1.29, 1.82) is 5.26 Å². The van der Waals surface area contributed by atoms with Crippen LogP contribution in [0.5, 0.6) is 5.75 Å². The Morgan fingerprint density at radius 2 is 2.22 bits per heavy atom. The van der Waals surface area contributed by atoms with Crippen molar-refractivity contribution in [2.75, 3.05) is 6.61 Å². The number of nitrogens with zero attached hydrogens (tertiary/aromatic N) is 3. The van der Waals surface area contributed by atoms with E-state index in [0.29, 0.717) is 22.9 Å². The van der Waals surface area contributed by atoms with E-state index in [2.05, 4.69) is 11.2 Å². The first-order chi connectivity index (χ1) is 8.79. The van der Waals surface area contributed by atoms with Crippen molar-refractivity contribution >= 4 is 11.6 Å². The zero-order valence-electron chi connectivity index (χ0n) is 9.71. The van der Waals surface area contributed by atoms with Gasteiger partial charge in [0.05, 0.1) is 23.4 Å². The van der Waals surface area contributed by atoms with E-state index in [-0.39, 0.29) is 0 Å². The van der Waals surface area contributed by atoms with E-state index in [1.807, 2.05) is 12.1 Å². The van der Waals surface area contributed by atoms with Crippen molar-refractivity contribution in [3.63, 3.8) is 0 Å². The fourth-order valence-electron chi connectivity index (χ4n) is 1.55. The maximum atomic E-state index is 8.90. The van der Waals surface area contributed by atoms with Crippen LogP contribution in [0.4, 0.5) is 0 Å². The molecule has 0 spiro atoms. The summed E-state index contributed by atoms with van der Waals surface area (Å²) in [5.74, 6) is 0.624. The third kappa shape index (κ3) is 3.25. The molecule has 0 saturated carbocycles. The molecule has 0 saturated heterocycles. The Labute approximate surface area is 110 Å². The van der Waals surface area contributed by atoms with Gasteiger partial charge in [0.25, 0.3) is 0 Å². The van der Waals surface area contributed by atoms with Gasteiger partial charge in [-0.05, 0) is 12.1 Å². The number of hydrogen-bond donors (Lipinski definition) is 0. The van der Waals surface area contributed by atoms with Crippen LogP contribution < -0.4 is 4.74 Å². The SMILES string of the molecule is N#Cc1ccccc1OCCCn1cc(Cl)cn1. The van der Waals surface area contributed by atoms with Gasteiger partial charge >= 0.3 is 0 Å². The summed E-state index contributed by atoms with van der Waals surface area (Å²) in [6.07, 6.45) is 4.18. The first-order valence-electron chi connectivity index (χ1n) is 5.59. The van der Waals surface area contributed by atoms with Crippen molar-refractivity contribution in [3.8, 4) is 11.8 Å². The summed E-state index contributed by atoms with van der Waals surface area (Å²) in [7, 11) is 0. The monoisotopic (exact) mass is 261 g/mol. The van der Waals surface area contributed by atoms with E-state index in [1.165, 1.54) is 0 Å². The Hall–Kier alpha value is -1.99. The molecule has 0 fully saturated rings. The Kier molecular flexibility index (Phi) is 4.21. The van der Waals surface area contributed by atoms with Gasteiger partial charge in [0.15, 0.2) is 0 Å². The minimum atomic E-state index is 0.538. The summed E-state index contributed by atoms with van der Waals surface area (Å²) in [6.45, 7) is 1.28. The Bertz CT molecular complexity index is 559. The summed E-state index contributed by atoms with van der Waals surface area (Å²) < 4.78 is 7.33. The van der Waals surface area contributed by atoms with Gasteiger partial charge in [-0.15, -0.1) is 0 Å². The molecule has 0 amide bonds. The van der Waals surface area contributed by atoms with Gasteiger partial charge in [-0.1, -0.05) is 23.7 Å². The lowest BCUT2D eigenvalue weighted by molar-refractivity contribution is 0.298. The highest BCUT2D eigenvalue weighted by Crippen LogP contribution is 2.16. The average Bonchev–Trinajstić information content (AvgIpc) is 2.81. The third-order valence-electron chi connectivity index (χ3n) is 2.40. The number of ether oxygens (including phenoxy) is 1. The van der Waals surface area contributed by atoms with Crippen LogP contribution in [0.15, 0.2) is 36.7 Å². The van der Waals surface area contributed by atoms with Crippen LogP contribution in [-0.4, -0.2) is 16.4 Å². The largest absolute Gasteiger partial charge is 0.492 e. The number of aromatic nitrogens is 2. The molecule has 0 unspecified atom stereocenters. The predicted octanol–water partition coefficient (Wildman–Crippen LogP) is 2.88. The lowest BCUT2D eigenvalue weighted by Gasteiger charge is -2.07. The molecular weight excluding hydrogens is 250 g/mol. The molecule has 0 aliphatic carbocycles. The lowest BCUT2D eigenvalue weighted by Crippen LogP contribution is -2.05. The number of aryl methyl sites for hydroxylation is 1. The van der Waals surface area contributed by atoms with Gasteiger partial charge in [-0.25, -0.2) is 0 Å². The van der Waals surface area contributed by atoms with Gasteiger partial charge in [-0.3, -0.25) is 4.68 Å². The van der Waals surface area contributed by atoms with Gasteiger partial charge in [0.2, 0.25) is 0 Å². The molecule has 0 aliphatic rings. The Morgan fingerprint density at radius 3 is 2.94 bits per heavy atom. The molecule has 2 rings (SSSR count). The number of nitriles is 1. The van der Waals surface area contributed by atoms with Crippen molar-refractivity contribution in [2.24, 2.45) is 0 Å². The summed E-state index contributed by atoms with van der Waals surface area (Å²) >= 11 is 5.76. The number of halogens is 1. The second kappa shape index (κ2) is 6.08. The molecule has 0 radical (unpaired) electrons. The molecule has 0 atom stereocenters. The first-order valence-corrected chi connectivity index (χ1v) is 5.97. The maximum absolute atomic E-state index is 8.90. The van der Waals surface area contributed by atoms with E-state index in [0.717, 1.165) is 13.0 Å². The van der Waals surface area contributed by atoms with Crippen molar-refractivity contribution in [1.82, 2.24) is 9.78 Å². The number of para-hydroxylation sites is 1. The second-order valence-corrected chi connectivity index (χ2v) is 4.17. The summed E-state index contributed by atoms with van der Waals surface area (Å²) in [5, 5.41) is 13.6. The van der Waals surface area contributed by atoms with Gasteiger partial charge < -0.3 is 4.74 Å². The van der Waals surface area contributed by atoms with Crippen LogP contribution in [0.25, 0.3) is 0 Å². The highest BCUT2D eigenvalue weighted by Gasteiger charge is 2.01. The maximum Gasteiger partial charge on any atom is 0.137 e. The fraction of sp³-hybridized carbons (Fsp3) is 0.231. The molecule has 2 aromatic rings. The van der Waals surface area contributed by atoms with Gasteiger partial charge in [0, 0.05) is 19.2 Å². The van der Waals surface area contributed by atoms with E-state index in [1.54, 1.807) is 29.2 Å². The molecular formula is C13H12ClN3O. The Balaban J connectivity index is 1.80. The fourth-order valence-corrected chi connectivity index (χ4v) is 1.71. The molecule has 1 aromatic heterocycles. The normalized spacial score (nSPS) is 10.0. The van der Waals surface area contributed by atoms with Crippen LogP contribution in [0.2, 0.25) is 5.02 Å². The molecule has 18 heavy (non-hydrogen) atoms. The zero-order chi connectivity index (χ0) is 12.8. The molecule has 0 N–H and O–H groups in total. The molecule has 5 heteroatoms. The smallest absolute Gasteiger partial charge is 0.137 e. The summed E-state index contributed by atoms with van der Waals surface area (Å²) in [6, 6.07) is 9.30. The average molecular weight is 262 g/mol. The van der Waals surface area contributed by atoms with Crippen LogP contribution in [0.1, 0.15) is 12.0 Å². The van der Waals surface area contributed by atoms with Crippen LogP contribution in [-0.2, 0) is 6.54 Å². The van der Waals surface area contributed by atoms with E-state index in [4.69, 9.17) is 21.6 Å². The van der Waals surface area contributed by atoms with Crippen molar-refractivity contribution in [2.45, 2.75) is 13.0 Å². The molecule has 4 nitrogen and oxygen atoms in total. The summed E-state index contributed by atoms with van der Waals surface area (Å²) in [4.78, 5) is 0. The van der Waals surface area contributed by atoms with E-state index >= 15 is 0 Å². The van der Waals surface area contributed by atoms with Gasteiger partial charge in [0.1, 0.15) is 11.8 Å². The first kappa shape index (κ1) is 12.5. The van der Waals surface area contributed by atoms with Crippen molar-refractivity contribution < 1.29 is 4.74 Å². The van der Waals surface area contributed by atoms with Crippen molar-refractivity contribution in [3.05, 3.63) is 47.2 Å². The second-order valence-electron chi connectivity index (χ2n) is 3.73. The quantitative estimate of drug-likeness (QED) is 0.778. The molecule has 0 aliphatic heterocycles. The van der Waals surface area contributed by atoms with Crippen LogP contribution in [0, 0.1) is 11.3 Å². The molecule has 1 aromatic carbocycles. The summed E-state index contributed by atoms with van der Waals surface area (Å²) in [5.41, 5.74) is 0.555. The number of rotatable bonds is 5. The van der Waals surface area contributed by atoms with E-state index < -0.39 is 0 Å². The highest BCUT2D eigenvalue weighted by molar-refractivity contribution is 6.30. The van der Waals surface area contributed by atoms with Crippen LogP contribution in [0.3, 0.4) is 0 Å². The number of hydrogen-bond acceptors (Lipinski definition) is 3. The number of benzene rings is 1.